The van der Waals surface area contributed by atoms with Crippen LogP contribution >= 0.6 is 0 Å². The van der Waals surface area contributed by atoms with Crippen LogP contribution in [0.4, 0.5) is 0 Å². The van der Waals surface area contributed by atoms with Crippen molar-refractivity contribution in [3.63, 3.8) is 0 Å². The van der Waals surface area contributed by atoms with Crippen molar-refractivity contribution in [3.8, 4) is 0 Å². The lowest BCUT2D eigenvalue weighted by Crippen LogP contribution is -2.35. The van der Waals surface area contributed by atoms with Gasteiger partial charge in [0.1, 0.15) is 5.70 Å². The van der Waals surface area contributed by atoms with E-state index in [0.717, 1.165) is 14.7 Å². The number of aromatic nitrogens is 1. The Morgan fingerprint density at radius 3 is 2.34 bits per heavy atom. The van der Waals surface area contributed by atoms with Gasteiger partial charge in [0, 0.05) is 43.4 Å². The maximum atomic E-state index is 12.8. The second-order valence-electron chi connectivity index (χ2n) is 7.32. The minimum Gasteiger partial charge on any atom is -0.351 e. The van der Waals surface area contributed by atoms with E-state index in [0.29, 0.717) is 28.6 Å². The Labute approximate surface area is 187 Å². The zero-order chi connectivity index (χ0) is 23.3. The van der Waals surface area contributed by atoms with Gasteiger partial charge in [0.25, 0.3) is 11.8 Å². The monoisotopic (exact) mass is 454 g/mol. The molecule has 2 amide bonds. The van der Waals surface area contributed by atoms with Crippen molar-refractivity contribution < 1.29 is 18.0 Å². The average Bonchev–Trinajstić information content (AvgIpc) is 3.16. The van der Waals surface area contributed by atoms with Crippen LogP contribution in [-0.2, 0) is 15.0 Å². The van der Waals surface area contributed by atoms with Gasteiger partial charge >= 0.3 is 10.2 Å². The Balaban J connectivity index is 2.10. The van der Waals surface area contributed by atoms with Crippen LogP contribution in [0.2, 0.25) is 0 Å². The standard InChI is InChI=1S/C23H26N4O4S/c1-4-14-24-23(29)20(25-22(28)17-10-6-5-7-11-17)15-18-16-27(32(30,31)26(2)3)21-13-9-8-12-19(18)21/h5-13,15-16H,4,14H2,1-3H3,(H,24,29)(H,25,28). The Hall–Kier alpha value is -3.43. The largest absolute Gasteiger partial charge is 0.351 e. The average molecular weight is 455 g/mol. The summed E-state index contributed by atoms with van der Waals surface area (Å²) in [6.07, 6.45) is 3.67. The first-order valence-corrected chi connectivity index (χ1v) is 11.5. The Bertz CT molecular complexity index is 1260. The molecule has 8 nitrogen and oxygen atoms in total. The van der Waals surface area contributed by atoms with Gasteiger partial charge in [-0.15, -0.1) is 0 Å². The number of fused-ring (bicyclic) bond motifs is 1. The number of carbonyl (C=O) groups excluding carboxylic acids is 2. The molecule has 0 spiro atoms. The van der Waals surface area contributed by atoms with Crippen molar-refractivity contribution in [2.75, 3.05) is 20.6 Å². The zero-order valence-corrected chi connectivity index (χ0v) is 19.0. The topological polar surface area (TPSA) is 101 Å². The molecule has 1 aromatic heterocycles. The van der Waals surface area contributed by atoms with Gasteiger partial charge in [-0.2, -0.15) is 12.7 Å². The van der Waals surface area contributed by atoms with E-state index >= 15 is 0 Å². The van der Waals surface area contributed by atoms with E-state index in [1.807, 2.05) is 6.92 Å². The van der Waals surface area contributed by atoms with Gasteiger partial charge in [0.05, 0.1) is 5.52 Å². The van der Waals surface area contributed by atoms with Crippen LogP contribution in [0.1, 0.15) is 29.3 Å². The van der Waals surface area contributed by atoms with Gasteiger partial charge in [0.15, 0.2) is 0 Å². The van der Waals surface area contributed by atoms with Crippen molar-refractivity contribution in [1.29, 1.82) is 0 Å². The molecule has 3 rings (SSSR count). The first kappa shape index (κ1) is 23.2. The van der Waals surface area contributed by atoms with Gasteiger partial charge in [-0.05, 0) is 30.7 Å². The molecule has 0 atom stereocenters. The van der Waals surface area contributed by atoms with Crippen molar-refractivity contribution in [1.82, 2.24) is 18.9 Å². The molecule has 0 radical (unpaired) electrons. The van der Waals surface area contributed by atoms with Gasteiger partial charge in [-0.1, -0.05) is 43.3 Å². The zero-order valence-electron chi connectivity index (χ0n) is 18.2. The molecule has 0 aliphatic carbocycles. The van der Waals surface area contributed by atoms with Crippen molar-refractivity contribution >= 4 is 39.0 Å². The van der Waals surface area contributed by atoms with Crippen LogP contribution in [0.15, 0.2) is 66.5 Å². The summed E-state index contributed by atoms with van der Waals surface area (Å²) in [6, 6.07) is 15.5. The van der Waals surface area contributed by atoms with E-state index in [-0.39, 0.29) is 5.70 Å². The maximum Gasteiger partial charge on any atom is 0.307 e. The second kappa shape index (κ2) is 9.80. The molecule has 1 heterocycles. The van der Waals surface area contributed by atoms with Crippen molar-refractivity contribution in [2.45, 2.75) is 13.3 Å². The minimum absolute atomic E-state index is 0.0254. The van der Waals surface area contributed by atoms with Gasteiger partial charge in [-0.25, -0.2) is 3.97 Å². The predicted molar refractivity (Wildman–Crippen MR) is 125 cm³/mol. The third kappa shape index (κ3) is 4.90. The van der Waals surface area contributed by atoms with E-state index in [4.69, 9.17) is 0 Å². The molecule has 0 aliphatic heterocycles. The fourth-order valence-electron chi connectivity index (χ4n) is 3.09. The first-order chi connectivity index (χ1) is 15.3. The third-order valence-corrected chi connectivity index (χ3v) is 6.51. The number of amides is 2. The van der Waals surface area contributed by atoms with Crippen LogP contribution in [0.25, 0.3) is 17.0 Å². The number of benzene rings is 2. The highest BCUT2D eigenvalue weighted by Crippen LogP contribution is 2.25. The van der Waals surface area contributed by atoms with Crippen LogP contribution in [0.3, 0.4) is 0 Å². The SMILES string of the molecule is CCCNC(=O)C(=Cc1cn(S(=O)(=O)N(C)C)c2ccccc12)NC(=O)c1ccccc1. The van der Waals surface area contributed by atoms with Crippen LogP contribution in [-0.4, -0.2) is 49.1 Å². The summed E-state index contributed by atoms with van der Waals surface area (Å²) < 4.78 is 27.9. The lowest BCUT2D eigenvalue weighted by atomic mass is 10.1. The fraction of sp³-hybridized carbons (Fsp3) is 0.217. The molecule has 0 saturated carbocycles. The molecule has 9 heteroatoms. The predicted octanol–water partition coefficient (Wildman–Crippen LogP) is 2.59. The molecular weight excluding hydrogens is 428 g/mol. The molecule has 2 N–H and O–H groups in total. The maximum absolute atomic E-state index is 12.8. The molecule has 0 fully saturated rings. The summed E-state index contributed by atoms with van der Waals surface area (Å²) in [5, 5.41) is 6.06. The van der Waals surface area contributed by atoms with Gasteiger partial charge in [0.2, 0.25) is 0 Å². The molecule has 0 unspecified atom stereocenters. The van der Waals surface area contributed by atoms with Crippen LogP contribution in [0.5, 0.6) is 0 Å². The summed E-state index contributed by atoms with van der Waals surface area (Å²) in [5.41, 5.74) is 1.38. The molecule has 168 valence electrons. The Morgan fingerprint density at radius 1 is 1.03 bits per heavy atom. The summed E-state index contributed by atoms with van der Waals surface area (Å²) in [4.78, 5) is 25.5. The molecule has 0 saturated heterocycles. The number of nitrogens with one attached hydrogen (secondary N) is 2. The van der Waals surface area contributed by atoms with Crippen molar-refractivity contribution in [3.05, 3.63) is 77.6 Å². The highest BCUT2D eigenvalue weighted by molar-refractivity contribution is 7.87. The molecule has 2 aromatic carbocycles. The normalized spacial score (nSPS) is 12.2. The second-order valence-corrected chi connectivity index (χ2v) is 9.34. The van der Waals surface area contributed by atoms with E-state index in [2.05, 4.69) is 10.6 Å². The van der Waals surface area contributed by atoms with Gasteiger partial charge < -0.3 is 10.6 Å². The minimum atomic E-state index is -3.79. The summed E-state index contributed by atoms with van der Waals surface area (Å²) >= 11 is 0. The number of para-hydroxylation sites is 1. The van der Waals surface area contributed by atoms with Gasteiger partial charge in [-0.3, -0.25) is 9.59 Å². The van der Waals surface area contributed by atoms with E-state index in [1.165, 1.54) is 26.4 Å². The fourth-order valence-corrected chi connectivity index (χ4v) is 4.10. The quantitative estimate of drug-likeness (QED) is 0.511. The summed E-state index contributed by atoms with van der Waals surface area (Å²) in [6.45, 7) is 2.36. The number of nitrogens with zero attached hydrogens (tertiary/aromatic N) is 2. The summed E-state index contributed by atoms with van der Waals surface area (Å²) in [5.74, 6) is -0.892. The lowest BCUT2D eigenvalue weighted by Gasteiger charge is -2.13. The van der Waals surface area contributed by atoms with Crippen LogP contribution in [0, 0.1) is 0 Å². The van der Waals surface area contributed by atoms with Crippen molar-refractivity contribution in [2.24, 2.45) is 0 Å². The lowest BCUT2D eigenvalue weighted by molar-refractivity contribution is -0.117. The van der Waals surface area contributed by atoms with E-state index in [1.54, 1.807) is 54.6 Å². The number of rotatable bonds is 8. The number of carbonyl (C=O) groups is 2. The third-order valence-electron chi connectivity index (χ3n) is 4.78. The first-order valence-electron chi connectivity index (χ1n) is 10.1. The Kier molecular flexibility index (Phi) is 7.12. The molecular formula is C23H26N4O4S. The highest BCUT2D eigenvalue weighted by Gasteiger charge is 2.21. The summed E-state index contributed by atoms with van der Waals surface area (Å²) in [7, 11) is -0.891. The smallest absolute Gasteiger partial charge is 0.307 e. The molecule has 0 bridgehead atoms. The Morgan fingerprint density at radius 2 is 1.69 bits per heavy atom. The van der Waals surface area contributed by atoms with E-state index in [9.17, 15) is 18.0 Å². The van der Waals surface area contributed by atoms with E-state index < -0.39 is 22.0 Å². The van der Waals surface area contributed by atoms with Crippen LogP contribution < -0.4 is 10.6 Å². The number of hydrogen-bond acceptors (Lipinski definition) is 4. The molecule has 3 aromatic rings. The highest BCUT2D eigenvalue weighted by atomic mass is 32.2. The molecule has 32 heavy (non-hydrogen) atoms. The molecule has 0 aliphatic rings. The number of hydrogen-bond donors (Lipinski definition) is 2.